The molecule has 1 N–H and O–H groups in total. The molecule has 132 valence electrons. The highest BCUT2D eigenvalue weighted by Gasteiger charge is 2.49. The lowest BCUT2D eigenvalue weighted by molar-refractivity contribution is -0.0978. The Kier molecular flexibility index (Phi) is 4.28. The summed E-state index contributed by atoms with van der Waals surface area (Å²) in [4.78, 5) is 18.1. The Balaban J connectivity index is 1.86. The third-order valence-electron chi connectivity index (χ3n) is 4.89. The first-order chi connectivity index (χ1) is 11.2. The average molecular weight is 336 g/mol. The van der Waals surface area contributed by atoms with Gasteiger partial charge in [0.05, 0.1) is 11.8 Å². The maximum atomic E-state index is 14.1. The van der Waals surface area contributed by atoms with Crippen molar-refractivity contribution in [2.24, 2.45) is 0 Å². The van der Waals surface area contributed by atoms with Crippen LogP contribution in [0.2, 0.25) is 0 Å². The number of ether oxygens (including phenoxy) is 1. The van der Waals surface area contributed by atoms with E-state index in [4.69, 9.17) is 4.74 Å². The number of halogens is 1. The van der Waals surface area contributed by atoms with Crippen LogP contribution in [0.5, 0.6) is 0 Å². The minimum atomic E-state index is -1.26. The fraction of sp³-hybridized carbons (Fsp3) is 0.667. The van der Waals surface area contributed by atoms with Crippen molar-refractivity contribution >= 4 is 6.09 Å². The van der Waals surface area contributed by atoms with Gasteiger partial charge in [-0.05, 0) is 46.1 Å². The second-order valence-electron chi connectivity index (χ2n) is 7.92. The molecule has 2 saturated heterocycles. The molecule has 5 nitrogen and oxygen atoms in total. The van der Waals surface area contributed by atoms with Gasteiger partial charge in [-0.25, -0.2) is 9.18 Å². The predicted molar refractivity (Wildman–Crippen MR) is 86.8 cm³/mol. The number of nitrogens with zero attached hydrogens (tertiary/aromatic N) is 2. The summed E-state index contributed by atoms with van der Waals surface area (Å²) in [5.74, 6) is -0.496. The van der Waals surface area contributed by atoms with Crippen LogP contribution in [0.3, 0.4) is 0 Å². The van der Waals surface area contributed by atoms with Gasteiger partial charge in [0.1, 0.15) is 11.4 Å². The van der Waals surface area contributed by atoms with Crippen molar-refractivity contribution in [3.05, 3.63) is 29.8 Å². The van der Waals surface area contributed by atoms with Gasteiger partial charge in [-0.1, -0.05) is 0 Å². The number of pyridine rings is 1. The summed E-state index contributed by atoms with van der Waals surface area (Å²) >= 11 is 0. The van der Waals surface area contributed by atoms with E-state index in [1.807, 2.05) is 20.8 Å². The van der Waals surface area contributed by atoms with Crippen molar-refractivity contribution in [1.29, 1.82) is 0 Å². The number of hydrogen-bond donors (Lipinski definition) is 1. The van der Waals surface area contributed by atoms with E-state index in [9.17, 15) is 14.3 Å². The van der Waals surface area contributed by atoms with Crippen molar-refractivity contribution in [2.45, 2.75) is 76.2 Å². The smallest absolute Gasteiger partial charge is 0.410 e. The molecular formula is C18H25FN2O3. The number of hydrogen-bond acceptors (Lipinski definition) is 4. The van der Waals surface area contributed by atoms with E-state index in [1.165, 1.54) is 12.3 Å². The van der Waals surface area contributed by atoms with Gasteiger partial charge in [-0.2, -0.15) is 0 Å². The first-order valence-electron chi connectivity index (χ1n) is 8.53. The lowest BCUT2D eigenvalue weighted by atomic mass is 9.73. The number of aliphatic hydroxyl groups is 1. The van der Waals surface area contributed by atoms with Crippen LogP contribution in [0.4, 0.5) is 9.18 Å². The molecule has 0 radical (unpaired) electrons. The SMILES string of the molecule is CC(C)(C)OC(=O)N1C2CCCC1CC(O)(c1ccncc1F)C2. The second kappa shape index (κ2) is 5.99. The largest absolute Gasteiger partial charge is 0.444 e. The Morgan fingerprint density at radius 3 is 2.54 bits per heavy atom. The average Bonchev–Trinajstić information content (AvgIpc) is 2.44. The van der Waals surface area contributed by atoms with Crippen LogP contribution >= 0.6 is 0 Å². The summed E-state index contributed by atoms with van der Waals surface area (Å²) in [6.45, 7) is 5.52. The maximum Gasteiger partial charge on any atom is 0.410 e. The Morgan fingerprint density at radius 1 is 1.38 bits per heavy atom. The highest BCUT2D eigenvalue weighted by molar-refractivity contribution is 5.69. The standard InChI is InChI=1S/C18H25FN2O3/c1-17(2,3)24-16(22)21-12-5-4-6-13(21)10-18(23,9-12)14-7-8-20-11-15(14)19/h7-8,11-13,23H,4-6,9-10H2,1-3H3. The van der Waals surface area contributed by atoms with E-state index in [0.29, 0.717) is 12.8 Å². The minimum absolute atomic E-state index is 0.134. The maximum absolute atomic E-state index is 14.1. The van der Waals surface area contributed by atoms with Gasteiger partial charge in [0, 0.05) is 36.7 Å². The zero-order valence-electron chi connectivity index (χ0n) is 14.5. The van der Waals surface area contributed by atoms with E-state index >= 15 is 0 Å². The molecule has 1 amide bonds. The monoisotopic (exact) mass is 336 g/mol. The third-order valence-corrected chi connectivity index (χ3v) is 4.89. The van der Waals surface area contributed by atoms with Crippen LogP contribution < -0.4 is 0 Å². The number of rotatable bonds is 1. The van der Waals surface area contributed by atoms with Crippen LogP contribution in [-0.4, -0.2) is 38.8 Å². The molecule has 0 spiro atoms. The highest BCUT2D eigenvalue weighted by Crippen LogP contribution is 2.45. The van der Waals surface area contributed by atoms with Gasteiger partial charge in [0.2, 0.25) is 0 Å². The zero-order valence-corrected chi connectivity index (χ0v) is 14.5. The fourth-order valence-corrected chi connectivity index (χ4v) is 4.01. The lowest BCUT2D eigenvalue weighted by Crippen LogP contribution is -2.59. The minimum Gasteiger partial charge on any atom is -0.444 e. The van der Waals surface area contributed by atoms with Crippen LogP contribution in [0.25, 0.3) is 0 Å². The molecule has 2 aliphatic heterocycles. The molecule has 0 aliphatic carbocycles. The van der Waals surface area contributed by atoms with Crippen LogP contribution in [0, 0.1) is 5.82 Å². The molecule has 2 aliphatic rings. The number of carbonyl (C=O) groups excluding carboxylic acids is 1. The van der Waals surface area contributed by atoms with E-state index < -0.39 is 17.0 Å². The molecule has 3 heterocycles. The molecule has 0 saturated carbocycles. The predicted octanol–water partition coefficient (Wildman–Crippen LogP) is 3.36. The molecule has 2 atom stereocenters. The number of carbonyl (C=O) groups is 1. The molecule has 0 aromatic carbocycles. The molecule has 6 heteroatoms. The molecule has 1 aromatic heterocycles. The molecule has 2 bridgehead atoms. The van der Waals surface area contributed by atoms with Crippen LogP contribution in [0.1, 0.15) is 58.4 Å². The first-order valence-corrected chi connectivity index (χ1v) is 8.53. The van der Waals surface area contributed by atoms with E-state index in [0.717, 1.165) is 25.5 Å². The quantitative estimate of drug-likeness (QED) is 0.854. The van der Waals surface area contributed by atoms with Gasteiger partial charge in [-0.3, -0.25) is 4.98 Å². The summed E-state index contributed by atoms with van der Waals surface area (Å²) < 4.78 is 19.7. The van der Waals surface area contributed by atoms with Gasteiger partial charge >= 0.3 is 6.09 Å². The topological polar surface area (TPSA) is 62.7 Å². The van der Waals surface area contributed by atoms with Crippen molar-refractivity contribution in [2.75, 3.05) is 0 Å². The Hall–Kier alpha value is -1.69. The van der Waals surface area contributed by atoms with Gasteiger partial charge in [0.25, 0.3) is 0 Å². The Bertz CT molecular complexity index is 615. The molecule has 2 fully saturated rings. The number of fused-ring (bicyclic) bond motifs is 2. The van der Waals surface area contributed by atoms with Crippen molar-refractivity contribution in [3.63, 3.8) is 0 Å². The van der Waals surface area contributed by atoms with Crippen molar-refractivity contribution < 1.29 is 19.0 Å². The summed E-state index contributed by atoms with van der Waals surface area (Å²) in [6.07, 6.45) is 5.52. The summed E-state index contributed by atoms with van der Waals surface area (Å²) in [5.41, 5.74) is -1.55. The lowest BCUT2D eigenvalue weighted by Gasteiger charge is -2.51. The van der Waals surface area contributed by atoms with E-state index in [2.05, 4.69) is 4.98 Å². The molecule has 3 rings (SSSR count). The number of aromatic nitrogens is 1. The first kappa shape index (κ1) is 17.1. The molecular weight excluding hydrogens is 311 g/mol. The Labute approximate surface area is 141 Å². The summed E-state index contributed by atoms with van der Waals surface area (Å²) in [5, 5.41) is 11.1. The van der Waals surface area contributed by atoms with Crippen LogP contribution in [0.15, 0.2) is 18.5 Å². The second-order valence-corrected chi connectivity index (χ2v) is 7.92. The normalized spacial score (nSPS) is 30.1. The molecule has 2 unspecified atom stereocenters. The fourth-order valence-electron chi connectivity index (χ4n) is 4.01. The van der Waals surface area contributed by atoms with E-state index in [-0.39, 0.29) is 23.7 Å². The molecule has 24 heavy (non-hydrogen) atoms. The van der Waals surface area contributed by atoms with E-state index in [1.54, 1.807) is 4.90 Å². The van der Waals surface area contributed by atoms with Gasteiger partial charge < -0.3 is 14.7 Å². The summed E-state index contributed by atoms with van der Waals surface area (Å²) in [7, 11) is 0. The highest BCUT2D eigenvalue weighted by atomic mass is 19.1. The van der Waals surface area contributed by atoms with Gasteiger partial charge in [-0.15, -0.1) is 0 Å². The van der Waals surface area contributed by atoms with Crippen molar-refractivity contribution in [3.8, 4) is 0 Å². The Morgan fingerprint density at radius 2 is 2.00 bits per heavy atom. The number of amides is 1. The number of piperidine rings is 2. The van der Waals surface area contributed by atoms with Crippen molar-refractivity contribution in [1.82, 2.24) is 9.88 Å². The summed E-state index contributed by atoms with van der Waals surface area (Å²) in [6, 6.07) is 1.27. The molecule has 1 aromatic rings. The third kappa shape index (κ3) is 3.24. The zero-order chi connectivity index (χ0) is 17.5. The van der Waals surface area contributed by atoms with Gasteiger partial charge in [0.15, 0.2) is 0 Å². The van der Waals surface area contributed by atoms with Crippen LogP contribution in [-0.2, 0) is 10.3 Å².